The third kappa shape index (κ3) is 5.82. The zero-order chi connectivity index (χ0) is 13.6. The highest BCUT2D eigenvalue weighted by molar-refractivity contribution is 7.90. The maximum absolute atomic E-state index is 11.7. The first-order valence-electron chi connectivity index (χ1n) is 6.59. The number of sulfone groups is 1. The molecule has 0 aromatic heterocycles. The number of carbonyl (C=O) groups is 1. The molecule has 0 aromatic rings. The second-order valence-electron chi connectivity index (χ2n) is 5.19. The van der Waals surface area contributed by atoms with E-state index < -0.39 is 9.84 Å². The maximum Gasteiger partial charge on any atom is 0.220 e. The van der Waals surface area contributed by atoms with Crippen LogP contribution in [-0.4, -0.2) is 38.9 Å². The van der Waals surface area contributed by atoms with E-state index in [2.05, 4.69) is 5.32 Å². The number of nitrogens with one attached hydrogen (secondary N) is 1. The van der Waals surface area contributed by atoms with E-state index in [1.807, 2.05) is 0 Å². The Morgan fingerprint density at radius 3 is 2.61 bits per heavy atom. The van der Waals surface area contributed by atoms with Gasteiger partial charge in [0.2, 0.25) is 5.91 Å². The van der Waals surface area contributed by atoms with Gasteiger partial charge in [-0.05, 0) is 31.7 Å². The van der Waals surface area contributed by atoms with Gasteiger partial charge in [-0.3, -0.25) is 4.79 Å². The van der Waals surface area contributed by atoms with Crippen LogP contribution in [0.4, 0.5) is 0 Å². The summed E-state index contributed by atoms with van der Waals surface area (Å²) in [6.07, 6.45) is 6.24. The predicted octanol–water partition coefficient (Wildman–Crippen LogP) is 0.445. The minimum absolute atomic E-state index is 0.0519. The SMILES string of the molecule is CS(=O)(=O)CCCC(=O)NC1CCCCC1CN. The largest absolute Gasteiger partial charge is 0.353 e. The molecular weight excluding hydrogens is 252 g/mol. The standard InChI is InChI=1S/C12H24N2O3S/c1-18(16,17)8-4-7-12(15)14-11-6-3-2-5-10(11)9-13/h10-11H,2-9,13H2,1H3,(H,14,15). The Labute approximate surface area is 109 Å². The second-order valence-corrected chi connectivity index (χ2v) is 7.45. The van der Waals surface area contributed by atoms with Gasteiger partial charge in [-0.2, -0.15) is 0 Å². The Balaban J connectivity index is 2.30. The Morgan fingerprint density at radius 2 is 2.00 bits per heavy atom. The highest BCUT2D eigenvalue weighted by Gasteiger charge is 2.25. The molecule has 0 bridgehead atoms. The first-order valence-corrected chi connectivity index (χ1v) is 8.65. The van der Waals surface area contributed by atoms with Crippen molar-refractivity contribution in [1.29, 1.82) is 0 Å². The second kappa shape index (κ2) is 7.09. The highest BCUT2D eigenvalue weighted by atomic mass is 32.2. The predicted molar refractivity (Wildman–Crippen MR) is 71.9 cm³/mol. The Kier molecular flexibility index (Phi) is 6.08. The fourth-order valence-corrected chi connectivity index (χ4v) is 3.12. The number of carbonyl (C=O) groups excluding carboxylic acids is 1. The normalized spacial score (nSPS) is 24.8. The zero-order valence-electron chi connectivity index (χ0n) is 11.0. The van der Waals surface area contributed by atoms with Crippen LogP contribution in [0.5, 0.6) is 0 Å². The molecule has 0 spiro atoms. The van der Waals surface area contributed by atoms with Gasteiger partial charge in [-0.1, -0.05) is 12.8 Å². The van der Waals surface area contributed by atoms with Crippen LogP contribution in [0.25, 0.3) is 0 Å². The average Bonchev–Trinajstić information content (AvgIpc) is 2.28. The van der Waals surface area contributed by atoms with Gasteiger partial charge in [0.05, 0.1) is 5.75 Å². The van der Waals surface area contributed by atoms with Gasteiger partial charge < -0.3 is 11.1 Å². The molecule has 106 valence electrons. The highest BCUT2D eigenvalue weighted by Crippen LogP contribution is 2.23. The molecule has 1 saturated carbocycles. The van der Waals surface area contributed by atoms with Crippen LogP contribution in [0.2, 0.25) is 0 Å². The van der Waals surface area contributed by atoms with Crippen LogP contribution in [0.1, 0.15) is 38.5 Å². The van der Waals surface area contributed by atoms with E-state index >= 15 is 0 Å². The molecule has 5 nitrogen and oxygen atoms in total. The first-order chi connectivity index (χ1) is 8.42. The molecule has 0 heterocycles. The minimum atomic E-state index is -2.97. The van der Waals surface area contributed by atoms with Crippen LogP contribution in [0.3, 0.4) is 0 Å². The van der Waals surface area contributed by atoms with Gasteiger partial charge in [0.1, 0.15) is 9.84 Å². The van der Waals surface area contributed by atoms with Crippen molar-refractivity contribution in [2.45, 2.75) is 44.6 Å². The quantitative estimate of drug-likeness (QED) is 0.737. The lowest BCUT2D eigenvalue weighted by Gasteiger charge is -2.31. The van der Waals surface area contributed by atoms with E-state index in [0.29, 0.717) is 18.9 Å². The molecule has 1 rings (SSSR count). The molecule has 1 fully saturated rings. The lowest BCUT2D eigenvalue weighted by molar-refractivity contribution is -0.122. The Hall–Kier alpha value is -0.620. The van der Waals surface area contributed by atoms with E-state index in [1.54, 1.807) is 0 Å². The van der Waals surface area contributed by atoms with Gasteiger partial charge >= 0.3 is 0 Å². The molecule has 0 aliphatic heterocycles. The fourth-order valence-electron chi connectivity index (χ4n) is 2.45. The van der Waals surface area contributed by atoms with E-state index in [4.69, 9.17) is 5.73 Å². The molecule has 0 radical (unpaired) electrons. The number of rotatable bonds is 6. The van der Waals surface area contributed by atoms with Gasteiger partial charge in [0.25, 0.3) is 0 Å². The minimum Gasteiger partial charge on any atom is -0.353 e. The molecule has 18 heavy (non-hydrogen) atoms. The molecule has 0 saturated heterocycles. The smallest absolute Gasteiger partial charge is 0.220 e. The maximum atomic E-state index is 11.7. The lowest BCUT2D eigenvalue weighted by Crippen LogP contribution is -2.44. The molecule has 1 amide bonds. The van der Waals surface area contributed by atoms with Crippen LogP contribution < -0.4 is 11.1 Å². The molecule has 1 aliphatic carbocycles. The van der Waals surface area contributed by atoms with Crippen molar-refractivity contribution in [2.24, 2.45) is 11.7 Å². The van der Waals surface area contributed by atoms with E-state index in [9.17, 15) is 13.2 Å². The number of amides is 1. The van der Waals surface area contributed by atoms with Crippen molar-refractivity contribution >= 4 is 15.7 Å². The number of hydrogen-bond acceptors (Lipinski definition) is 4. The molecule has 2 atom stereocenters. The van der Waals surface area contributed by atoms with Crippen LogP contribution in [-0.2, 0) is 14.6 Å². The number of hydrogen-bond donors (Lipinski definition) is 2. The summed E-state index contributed by atoms with van der Waals surface area (Å²) in [5, 5.41) is 2.99. The number of nitrogens with two attached hydrogens (primary N) is 1. The summed E-state index contributed by atoms with van der Waals surface area (Å²) in [4.78, 5) is 11.7. The molecule has 3 N–H and O–H groups in total. The van der Waals surface area contributed by atoms with Crippen molar-refractivity contribution in [1.82, 2.24) is 5.32 Å². The summed E-state index contributed by atoms with van der Waals surface area (Å²) < 4.78 is 21.9. The molecular formula is C12H24N2O3S. The zero-order valence-corrected chi connectivity index (χ0v) is 11.8. The summed E-state index contributed by atoms with van der Waals surface area (Å²) >= 11 is 0. The molecule has 2 unspecified atom stereocenters. The van der Waals surface area contributed by atoms with Crippen molar-refractivity contribution < 1.29 is 13.2 Å². The van der Waals surface area contributed by atoms with Crippen LogP contribution in [0.15, 0.2) is 0 Å². The fraction of sp³-hybridized carbons (Fsp3) is 0.917. The van der Waals surface area contributed by atoms with Crippen LogP contribution >= 0.6 is 0 Å². The third-order valence-electron chi connectivity index (χ3n) is 3.48. The summed E-state index contributed by atoms with van der Waals surface area (Å²) in [6.45, 7) is 0.605. The van der Waals surface area contributed by atoms with Crippen molar-refractivity contribution in [2.75, 3.05) is 18.6 Å². The summed E-state index contributed by atoms with van der Waals surface area (Å²) in [7, 11) is -2.97. The van der Waals surface area contributed by atoms with E-state index in [0.717, 1.165) is 19.3 Å². The summed E-state index contributed by atoms with van der Waals surface area (Å²) in [5.74, 6) is 0.396. The first kappa shape index (κ1) is 15.4. The van der Waals surface area contributed by atoms with Crippen molar-refractivity contribution in [3.8, 4) is 0 Å². The molecule has 0 aromatic carbocycles. The topological polar surface area (TPSA) is 89.3 Å². The lowest BCUT2D eigenvalue weighted by atomic mass is 9.84. The van der Waals surface area contributed by atoms with Crippen molar-refractivity contribution in [3.05, 3.63) is 0 Å². The van der Waals surface area contributed by atoms with Gasteiger partial charge in [-0.15, -0.1) is 0 Å². The van der Waals surface area contributed by atoms with E-state index in [1.165, 1.54) is 12.7 Å². The summed E-state index contributed by atoms with van der Waals surface area (Å²) in [5.41, 5.74) is 5.70. The third-order valence-corrected chi connectivity index (χ3v) is 4.51. The Morgan fingerprint density at radius 1 is 1.33 bits per heavy atom. The van der Waals surface area contributed by atoms with Crippen molar-refractivity contribution in [3.63, 3.8) is 0 Å². The van der Waals surface area contributed by atoms with Gasteiger partial charge in [0.15, 0.2) is 0 Å². The van der Waals surface area contributed by atoms with E-state index in [-0.39, 0.29) is 24.1 Å². The molecule has 1 aliphatic rings. The Bertz CT molecular complexity index is 368. The van der Waals surface area contributed by atoms with Gasteiger partial charge in [0, 0.05) is 18.7 Å². The summed E-state index contributed by atoms with van der Waals surface area (Å²) in [6, 6.07) is 0.175. The van der Waals surface area contributed by atoms with Gasteiger partial charge in [-0.25, -0.2) is 8.42 Å². The average molecular weight is 276 g/mol. The monoisotopic (exact) mass is 276 g/mol. The van der Waals surface area contributed by atoms with Crippen LogP contribution in [0, 0.1) is 5.92 Å². The molecule has 6 heteroatoms.